The van der Waals surface area contributed by atoms with Crippen LogP contribution in [0.25, 0.3) is 11.1 Å². The maximum Gasteiger partial charge on any atom is -0.0143 e. The minimum Gasteiger partial charge on any atom is -0.0613 e. The topological polar surface area (TPSA) is 0 Å². The fourth-order valence-electron chi connectivity index (χ4n) is 3.83. The van der Waals surface area contributed by atoms with Crippen molar-refractivity contribution in [2.24, 2.45) is 0 Å². The van der Waals surface area contributed by atoms with Crippen LogP contribution in [-0.4, -0.2) is 0 Å². The second-order valence-corrected chi connectivity index (χ2v) is 8.15. The van der Waals surface area contributed by atoms with Crippen molar-refractivity contribution in [1.82, 2.24) is 0 Å². The summed E-state index contributed by atoms with van der Waals surface area (Å²) in [6.07, 6.45) is 0. The van der Waals surface area contributed by atoms with E-state index in [1.807, 2.05) is 0 Å². The quantitative estimate of drug-likeness (QED) is 0.530. The molecule has 0 nitrogen and oxygen atoms in total. The number of hydrogen-bond acceptors (Lipinski definition) is 0. The SMILES string of the molecule is CC(C)c1[c]ccc(-c2cccc(C(C)C)c2C(C)C)c1C(C)C. The summed E-state index contributed by atoms with van der Waals surface area (Å²) in [5.74, 6) is 2.06. The van der Waals surface area contributed by atoms with E-state index in [0.717, 1.165) is 0 Å². The molecule has 0 unspecified atom stereocenters. The summed E-state index contributed by atoms with van der Waals surface area (Å²) in [4.78, 5) is 0. The van der Waals surface area contributed by atoms with Gasteiger partial charge in [-0.3, -0.25) is 0 Å². The van der Waals surface area contributed by atoms with E-state index in [1.54, 1.807) is 0 Å². The van der Waals surface area contributed by atoms with Gasteiger partial charge in [0.05, 0.1) is 0 Å². The lowest BCUT2D eigenvalue weighted by molar-refractivity contribution is 0.782. The molecule has 0 spiro atoms. The smallest absolute Gasteiger partial charge is 0.0143 e. The molecule has 2 rings (SSSR count). The third-order valence-electron chi connectivity index (χ3n) is 4.85. The zero-order valence-corrected chi connectivity index (χ0v) is 16.7. The van der Waals surface area contributed by atoms with Crippen molar-refractivity contribution in [2.45, 2.75) is 79.1 Å². The second-order valence-electron chi connectivity index (χ2n) is 8.15. The average molecular weight is 322 g/mol. The Morgan fingerprint density at radius 1 is 0.625 bits per heavy atom. The molecule has 0 N–H and O–H groups in total. The third-order valence-corrected chi connectivity index (χ3v) is 4.85. The second kappa shape index (κ2) is 7.55. The molecule has 0 amide bonds. The van der Waals surface area contributed by atoms with Gasteiger partial charge in [0.15, 0.2) is 0 Å². The van der Waals surface area contributed by atoms with Gasteiger partial charge in [0.1, 0.15) is 0 Å². The van der Waals surface area contributed by atoms with Crippen molar-refractivity contribution in [3.05, 3.63) is 58.7 Å². The maximum absolute atomic E-state index is 3.51. The molecule has 129 valence electrons. The molecule has 0 aliphatic heterocycles. The Bertz CT molecular complexity index is 626. The van der Waals surface area contributed by atoms with E-state index in [9.17, 15) is 0 Å². The monoisotopic (exact) mass is 321 g/mol. The van der Waals surface area contributed by atoms with Crippen LogP contribution >= 0.6 is 0 Å². The van der Waals surface area contributed by atoms with Gasteiger partial charge in [-0.25, -0.2) is 0 Å². The van der Waals surface area contributed by atoms with Crippen molar-refractivity contribution >= 4 is 0 Å². The van der Waals surface area contributed by atoms with E-state index >= 15 is 0 Å². The third kappa shape index (κ3) is 3.58. The molecular weight excluding hydrogens is 288 g/mol. The van der Waals surface area contributed by atoms with Crippen molar-refractivity contribution < 1.29 is 0 Å². The molecule has 1 radical (unpaired) electrons. The highest BCUT2D eigenvalue weighted by atomic mass is 14.2. The van der Waals surface area contributed by atoms with Crippen molar-refractivity contribution in [3.63, 3.8) is 0 Å². The van der Waals surface area contributed by atoms with E-state index in [-0.39, 0.29) is 0 Å². The van der Waals surface area contributed by atoms with Crippen LogP contribution in [0.2, 0.25) is 0 Å². The van der Waals surface area contributed by atoms with Gasteiger partial charge in [0.25, 0.3) is 0 Å². The molecule has 0 aliphatic rings. The number of benzene rings is 2. The highest BCUT2D eigenvalue weighted by Crippen LogP contribution is 2.40. The molecule has 0 saturated heterocycles. The van der Waals surface area contributed by atoms with Crippen LogP contribution in [0.3, 0.4) is 0 Å². The maximum atomic E-state index is 3.51. The fraction of sp³-hybridized carbons (Fsp3) is 0.500. The average Bonchev–Trinajstić information content (AvgIpc) is 2.52. The van der Waals surface area contributed by atoms with Crippen LogP contribution in [0.15, 0.2) is 30.3 Å². The summed E-state index contributed by atoms with van der Waals surface area (Å²) in [6, 6.07) is 14.7. The molecule has 0 aromatic heterocycles. The van der Waals surface area contributed by atoms with Gasteiger partial charge in [-0.15, -0.1) is 0 Å². The molecule has 0 heteroatoms. The summed E-state index contributed by atoms with van der Waals surface area (Å²) in [5.41, 5.74) is 8.64. The summed E-state index contributed by atoms with van der Waals surface area (Å²) in [7, 11) is 0. The molecule has 2 aromatic rings. The van der Waals surface area contributed by atoms with Gasteiger partial charge in [-0.2, -0.15) is 0 Å². The van der Waals surface area contributed by atoms with Gasteiger partial charge < -0.3 is 0 Å². The lowest BCUT2D eigenvalue weighted by atomic mass is 9.79. The van der Waals surface area contributed by atoms with E-state index in [2.05, 4.69) is 91.8 Å². The molecule has 24 heavy (non-hydrogen) atoms. The Morgan fingerprint density at radius 2 is 1.21 bits per heavy atom. The molecule has 0 aliphatic carbocycles. The Balaban J connectivity index is 2.82. The Kier molecular flexibility index (Phi) is 5.91. The zero-order chi connectivity index (χ0) is 18.0. The Labute approximate surface area is 149 Å². The van der Waals surface area contributed by atoms with Crippen molar-refractivity contribution in [1.29, 1.82) is 0 Å². The standard InChI is InChI=1S/C24H33/c1-15(2)19-11-9-13-21(23(19)17(5)6)22-14-10-12-20(16(3)4)24(22)18(7)8/h9-11,13-18H,1-8H3. The fourth-order valence-corrected chi connectivity index (χ4v) is 3.83. The Morgan fingerprint density at radius 3 is 1.71 bits per heavy atom. The van der Waals surface area contributed by atoms with Crippen LogP contribution < -0.4 is 0 Å². The summed E-state index contributed by atoms with van der Waals surface area (Å²) >= 11 is 0. The van der Waals surface area contributed by atoms with Crippen LogP contribution in [0.5, 0.6) is 0 Å². The highest BCUT2D eigenvalue weighted by Gasteiger charge is 2.20. The van der Waals surface area contributed by atoms with E-state index in [0.29, 0.717) is 23.7 Å². The first-order valence-electron chi connectivity index (χ1n) is 9.43. The predicted octanol–water partition coefficient (Wildman–Crippen LogP) is 7.65. The van der Waals surface area contributed by atoms with Crippen LogP contribution in [0.1, 0.15) is 101 Å². The first-order valence-corrected chi connectivity index (χ1v) is 9.43. The molecule has 0 atom stereocenters. The molecule has 0 fully saturated rings. The normalized spacial score (nSPS) is 12.0. The lowest BCUT2D eigenvalue weighted by Crippen LogP contribution is -2.06. The van der Waals surface area contributed by atoms with Gasteiger partial charge in [0.2, 0.25) is 0 Å². The van der Waals surface area contributed by atoms with E-state index in [1.165, 1.54) is 33.4 Å². The zero-order valence-electron chi connectivity index (χ0n) is 16.7. The molecule has 0 heterocycles. The molecule has 0 saturated carbocycles. The lowest BCUT2D eigenvalue weighted by Gasteiger charge is -2.25. The minimum absolute atomic E-state index is 0.498. The predicted molar refractivity (Wildman–Crippen MR) is 107 cm³/mol. The van der Waals surface area contributed by atoms with Gasteiger partial charge in [-0.1, -0.05) is 85.7 Å². The van der Waals surface area contributed by atoms with Gasteiger partial charge >= 0.3 is 0 Å². The largest absolute Gasteiger partial charge is 0.0613 e. The summed E-state index contributed by atoms with van der Waals surface area (Å²) in [5, 5.41) is 0. The summed E-state index contributed by atoms with van der Waals surface area (Å²) < 4.78 is 0. The first kappa shape index (κ1) is 18.8. The van der Waals surface area contributed by atoms with E-state index < -0.39 is 0 Å². The van der Waals surface area contributed by atoms with E-state index in [4.69, 9.17) is 0 Å². The molecule has 0 bridgehead atoms. The molecule has 2 aromatic carbocycles. The van der Waals surface area contributed by atoms with Crippen molar-refractivity contribution in [3.8, 4) is 11.1 Å². The molecular formula is C24H33. The number of hydrogen-bond donors (Lipinski definition) is 0. The van der Waals surface area contributed by atoms with Gasteiger partial charge in [0, 0.05) is 0 Å². The highest BCUT2D eigenvalue weighted by molar-refractivity contribution is 5.74. The minimum atomic E-state index is 0.498. The van der Waals surface area contributed by atoms with Gasteiger partial charge in [-0.05, 0) is 63.1 Å². The van der Waals surface area contributed by atoms with Crippen LogP contribution in [0, 0.1) is 6.07 Å². The summed E-state index contributed by atoms with van der Waals surface area (Å²) in [6.45, 7) is 18.4. The first-order chi connectivity index (χ1) is 11.3. The number of rotatable bonds is 5. The van der Waals surface area contributed by atoms with Crippen LogP contribution in [0.4, 0.5) is 0 Å². The van der Waals surface area contributed by atoms with Crippen molar-refractivity contribution in [2.75, 3.05) is 0 Å². The Hall–Kier alpha value is -1.56. The van der Waals surface area contributed by atoms with Crippen LogP contribution in [-0.2, 0) is 0 Å².